The molecule has 2 aromatic rings. The summed E-state index contributed by atoms with van der Waals surface area (Å²) < 4.78 is 159. The SMILES string of the molecule is Cc1ccc(S(=O)(=O)OC[C@H]2O[C@@H]3O[C@H]4[C@H](O)[C@@H](O)[C@@H](O[C@H]5[C@H](O)[C@@H](O)[C@@H](O[C@H]6[C@H](O)[C@@H](O)[C@@H](O[C@H]7[C@H](O)[C@@H](O)[C@@H](O[C@H]8[C@H](O)[C@@H](O)[C@@H](O[C@H]9[C@H](O)[C@@H](O)[C@@H](O[C@H]%10[C@H](O)[C@@H](O)[C@@H](O[C@H]2[C@H](O)[C@H]3O)O[C@@H]%10CO)O[C@@H]9COS(=O)(=O)c2ccc(C)cc2)O[C@@H]8CO)O[C@@H]7CO)O[C@@H]6CO)O[C@@H]5CO)O[C@@H]4CO)cc1. The molecule has 30 aliphatic heterocycles. The highest BCUT2D eigenvalue weighted by atomic mass is 32.2. The third kappa shape index (κ3) is 17.8. The van der Waals surface area contributed by atoms with E-state index in [0.29, 0.717) is 11.1 Å². The van der Waals surface area contributed by atoms with Crippen LogP contribution >= 0.6 is 0 Å². The average molecular weight is 1610 g/mol. The van der Waals surface area contributed by atoms with E-state index in [1.54, 1.807) is 13.8 Å². The monoisotopic (exact) mass is 1600 g/mol. The van der Waals surface area contributed by atoms with Crippen LogP contribution in [-0.2, 0) is 104 Å². The van der Waals surface area contributed by atoms with E-state index in [2.05, 4.69) is 0 Å². The van der Waals surface area contributed by atoms with Crippen LogP contribution in [0.5, 0.6) is 0 Å². The molecular weight excluding hydrogens is 1510 g/mol. The van der Waals surface area contributed by atoms with E-state index < -0.39 is 329 Å². The lowest BCUT2D eigenvalue weighted by Crippen LogP contribution is -2.69. The summed E-state index contributed by atoms with van der Waals surface area (Å²) in [7, 11) is -9.61. The molecule has 44 nitrogen and oxygen atoms in total. The molecule has 30 fully saturated rings. The predicted molar refractivity (Wildman–Crippen MR) is 336 cm³/mol. The third-order valence-electron chi connectivity index (χ3n) is 19.9. The van der Waals surface area contributed by atoms with Crippen LogP contribution in [0.15, 0.2) is 58.3 Å². The highest BCUT2D eigenvalue weighted by Gasteiger charge is 2.61. The Morgan fingerprint density at radius 3 is 0.546 bits per heavy atom. The molecule has 30 aliphatic rings. The van der Waals surface area contributed by atoms with Crippen molar-refractivity contribution in [3.8, 4) is 0 Å². The zero-order valence-corrected chi connectivity index (χ0v) is 58.6. The zero-order valence-electron chi connectivity index (χ0n) is 57.0. The molecule has 0 unspecified atom stereocenters. The van der Waals surface area contributed by atoms with Gasteiger partial charge in [-0.05, 0) is 38.1 Å². The van der Waals surface area contributed by atoms with Crippen molar-refractivity contribution < 1.29 is 213 Å². The second-order valence-electron chi connectivity index (χ2n) is 27.2. The molecule has 46 heteroatoms. The molecule has 32 rings (SSSR count). The predicted octanol–water partition coefficient (Wildman–Crippen LogP) is -14.0. The Kier molecular flexibility index (Phi) is 28.4. The molecule has 30 saturated heterocycles. The maximum atomic E-state index is 13.7. The maximum absolute atomic E-state index is 13.7. The highest BCUT2D eigenvalue weighted by molar-refractivity contribution is 7.87. The van der Waals surface area contributed by atoms with E-state index in [9.17, 15) is 129 Å². The van der Waals surface area contributed by atoms with Crippen molar-refractivity contribution in [1.82, 2.24) is 0 Å². The Bertz CT molecular complexity index is 3320. The summed E-state index contributed by atoms with van der Waals surface area (Å²) in [4.78, 5) is -0.842. The first-order chi connectivity index (χ1) is 51.2. The van der Waals surface area contributed by atoms with Gasteiger partial charge in [-0.2, -0.15) is 16.8 Å². The summed E-state index contributed by atoms with van der Waals surface area (Å²) in [5.41, 5.74) is 1.24. The van der Waals surface area contributed by atoms with E-state index in [-0.39, 0.29) is 0 Å². The van der Waals surface area contributed by atoms with E-state index >= 15 is 0 Å². The lowest BCUT2D eigenvalue weighted by molar-refractivity contribution is -0.403. The summed E-state index contributed by atoms with van der Waals surface area (Å²) in [6.45, 7) is -6.07. The van der Waals surface area contributed by atoms with Gasteiger partial charge in [-0.3, -0.25) is 8.37 Å². The van der Waals surface area contributed by atoms with Crippen molar-refractivity contribution in [3.05, 3.63) is 59.7 Å². The summed E-state index contributed by atoms with van der Waals surface area (Å²) >= 11 is 0. The van der Waals surface area contributed by atoms with Crippen LogP contribution in [0.3, 0.4) is 0 Å². The number of hydrogen-bond donors (Lipinski definition) is 22. The normalized spacial score (nSPS) is 47.6. The van der Waals surface area contributed by atoms with Gasteiger partial charge in [0.05, 0.1) is 62.6 Å². The molecule has 0 spiro atoms. The van der Waals surface area contributed by atoms with Crippen LogP contribution in [0, 0.1) is 13.8 Å². The molecule has 30 heterocycles. The Morgan fingerprint density at radius 1 is 0.241 bits per heavy atom. The molecule has 16 bridgehead atoms. The van der Waals surface area contributed by atoms with Gasteiger partial charge in [0.25, 0.3) is 20.2 Å². The van der Waals surface area contributed by atoms with Crippen molar-refractivity contribution in [2.75, 3.05) is 52.9 Å². The molecule has 616 valence electrons. The number of benzene rings is 2. The van der Waals surface area contributed by atoms with Gasteiger partial charge in [0.1, 0.15) is 195 Å². The second kappa shape index (κ2) is 35.9. The smallest absolute Gasteiger partial charge is 0.297 e. The number of hydrogen-bond acceptors (Lipinski definition) is 44. The molecule has 0 amide bonds. The fourth-order valence-electron chi connectivity index (χ4n) is 13.7. The highest BCUT2D eigenvalue weighted by Crippen LogP contribution is 2.41. The van der Waals surface area contributed by atoms with Crippen molar-refractivity contribution >= 4 is 20.2 Å². The van der Waals surface area contributed by atoms with E-state index in [4.69, 9.17) is 84.2 Å². The van der Waals surface area contributed by atoms with E-state index in [0.717, 1.165) is 24.3 Å². The lowest BCUT2D eigenvalue weighted by Gasteiger charge is -2.50. The van der Waals surface area contributed by atoms with Crippen molar-refractivity contribution in [1.29, 1.82) is 0 Å². The van der Waals surface area contributed by atoms with Crippen LogP contribution in [0.25, 0.3) is 0 Å². The summed E-state index contributed by atoms with van der Waals surface area (Å²) in [6, 6.07) is 10.3. The van der Waals surface area contributed by atoms with Crippen molar-refractivity contribution in [2.24, 2.45) is 0 Å². The van der Waals surface area contributed by atoms with Gasteiger partial charge in [0.2, 0.25) is 0 Å². The first-order valence-electron chi connectivity index (χ1n) is 34.1. The standard InChI is InChI=1S/C62H92O44S2/c1-19-3-7-21(8-4-19)107(85,86)89-17-29-53-38(76)46(84)62(98-29)104-52-28(16-68)96-60(44(82)36(52)74)106-54-30(18-90-108(87,88)22-9-5-20(2)6-10-22)97-61(45(83)37(54)75)103-51-27(15-67)94-58(42(80)34(51)72)101-49-25(13-65)92-56(40(78)32(49)70)99-47-23(11-63)91-55(39(77)31(47)69)100-48-24(12-64)93-57(41(79)33(48)71)102-50-26(14-66)95-59(105-53)43(81)35(50)73/h3-10,23-84H,11-18H2,1-2H3/t23-,24-,25-,26-,27-,28-,29-,30-,31-,32-,33-,34-,35-,36-,37-,38-,39-,40-,41-,42-,43-,44-,45-,46-,47-,48-,49-,50-,51-,52-,53-,54-,55-,56-,57-,58-,59-,60-,61-,62-/m1/s1. The molecule has 0 aliphatic carbocycles. The largest absolute Gasteiger partial charge is 0.394 e. The first-order valence-corrected chi connectivity index (χ1v) is 36.9. The Balaban J connectivity index is 0.905. The number of aryl methyl sites for hydroxylation is 2. The number of ether oxygens (including phenoxy) is 16. The van der Waals surface area contributed by atoms with Gasteiger partial charge >= 0.3 is 0 Å². The van der Waals surface area contributed by atoms with Crippen molar-refractivity contribution in [2.45, 2.75) is 269 Å². The minimum atomic E-state index is -4.80. The van der Waals surface area contributed by atoms with Gasteiger partial charge in [0.15, 0.2) is 50.3 Å². The average Bonchev–Trinajstić information content (AvgIpc) is 0.774. The molecule has 0 saturated carbocycles. The number of rotatable bonds is 14. The molecule has 108 heavy (non-hydrogen) atoms. The number of aliphatic hydroxyl groups excluding tert-OH is 22. The van der Waals surface area contributed by atoms with Gasteiger partial charge in [-0.25, -0.2) is 0 Å². The van der Waals surface area contributed by atoms with Crippen LogP contribution in [0.2, 0.25) is 0 Å². The van der Waals surface area contributed by atoms with E-state index in [1.165, 1.54) is 24.3 Å². The van der Waals surface area contributed by atoms with Gasteiger partial charge < -0.3 is 188 Å². The molecule has 0 aromatic heterocycles. The third-order valence-corrected chi connectivity index (χ3v) is 22.5. The van der Waals surface area contributed by atoms with Crippen LogP contribution in [0.1, 0.15) is 11.1 Å². The molecule has 0 radical (unpaired) electrons. The molecular formula is C62H92O44S2. The fraction of sp³-hybridized carbons (Fsp3) is 0.806. The van der Waals surface area contributed by atoms with Crippen LogP contribution < -0.4 is 0 Å². The quantitative estimate of drug-likeness (QED) is 0.0781. The summed E-state index contributed by atoms with van der Waals surface area (Å²) in [5.74, 6) is 0. The molecule has 2 aromatic carbocycles. The first kappa shape index (κ1) is 85.6. The summed E-state index contributed by atoms with van der Waals surface area (Å²) in [6.07, 6.45) is -87.6. The summed E-state index contributed by atoms with van der Waals surface area (Å²) in [5, 5.41) is 251. The van der Waals surface area contributed by atoms with E-state index in [1.807, 2.05) is 0 Å². The van der Waals surface area contributed by atoms with Gasteiger partial charge in [0, 0.05) is 0 Å². The lowest BCUT2D eigenvalue weighted by atomic mass is 9.94. The Hall–Kier alpha value is -3.26. The maximum Gasteiger partial charge on any atom is 0.297 e. The molecule has 22 N–H and O–H groups in total. The van der Waals surface area contributed by atoms with Gasteiger partial charge in [-0.15, -0.1) is 0 Å². The minimum absolute atomic E-state index is 0.421. The van der Waals surface area contributed by atoms with Crippen LogP contribution in [0.4, 0.5) is 0 Å². The van der Waals surface area contributed by atoms with Gasteiger partial charge in [-0.1, -0.05) is 35.4 Å². The van der Waals surface area contributed by atoms with Crippen molar-refractivity contribution in [3.63, 3.8) is 0 Å². The minimum Gasteiger partial charge on any atom is -0.394 e. The Morgan fingerprint density at radius 2 is 0.389 bits per heavy atom. The Labute approximate surface area is 613 Å². The fourth-order valence-corrected chi connectivity index (χ4v) is 15.6. The second-order valence-corrected chi connectivity index (χ2v) is 30.4. The topological polar surface area (TPSA) is 679 Å². The molecule has 40 atom stereocenters. The van der Waals surface area contributed by atoms with Crippen LogP contribution in [-0.4, -0.2) is 428 Å². The number of aliphatic hydroxyl groups is 22. The zero-order chi connectivity index (χ0) is 78.4.